The third-order valence-electron chi connectivity index (χ3n) is 6.05. The molecule has 0 saturated carbocycles. The second-order valence-corrected chi connectivity index (χ2v) is 8.27. The fourth-order valence-corrected chi connectivity index (χ4v) is 3.98. The number of ether oxygens (including phenoxy) is 5. The van der Waals surface area contributed by atoms with E-state index in [-0.39, 0.29) is 49.4 Å². The summed E-state index contributed by atoms with van der Waals surface area (Å²) in [5.41, 5.74) is -0.932. The van der Waals surface area contributed by atoms with Crippen LogP contribution in [-0.2, 0) is 11.8 Å². The highest BCUT2D eigenvalue weighted by molar-refractivity contribution is 5.56. The van der Waals surface area contributed by atoms with Crippen LogP contribution in [0, 0.1) is 17.2 Å². The Balaban J connectivity index is 2.50. The smallest absolute Gasteiger partial charge is 0.203 e. The van der Waals surface area contributed by atoms with Crippen molar-refractivity contribution < 1.29 is 44.2 Å². The number of benzene rings is 2. The van der Waals surface area contributed by atoms with Gasteiger partial charge in [0, 0.05) is 10.7 Å². The normalized spacial score (nSPS) is 20.9. The summed E-state index contributed by atoms with van der Waals surface area (Å²) in [7, 11) is -10.9. The summed E-state index contributed by atoms with van der Waals surface area (Å²) in [4.78, 5) is 1.20. The second kappa shape index (κ2) is 13.1. The molecule has 7 heteroatoms. The molecule has 0 aromatic heterocycles. The van der Waals surface area contributed by atoms with Crippen molar-refractivity contribution in [1.82, 2.24) is 4.90 Å². The van der Waals surface area contributed by atoms with Crippen LogP contribution in [0.5, 0.6) is 28.7 Å². The first-order valence-electron chi connectivity index (χ1n) is 18.4. The van der Waals surface area contributed by atoms with Crippen LogP contribution in [0.4, 0.5) is 0 Å². The lowest BCUT2D eigenvalue weighted by molar-refractivity contribution is 0.290. The Morgan fingerprint density at radius 3 is 2.17 bits per heavy atom. The average Bonchev–Trinajstić information content (AvgIpc) is 2.90. The standard InChI is InChI=1S/C28H40N2O5/c1-20(2)28(19-29,22-17-25(33-6)27(35-8)26(18-22)34-7)13-9-14-30(3)15-12-21-10-11-23(31-4)24(16-21)32-5/h10-11,16-18,20H,9,12-15H2,1-8H3/i3D3,5D3,6D3,7D3,8D3. The van der Waals surface area contributed by atoms with Gasteiger partial charge in [-0.05, 0) is 74.1 Å². The molecule has 0 saturated heterocycles. The van der Waals surface area contributed by atoms with Gasteiger partial charge in [-0.15, -0.1) is 0 Å². The number of rotatable bonds is 14. The minimum absolute atomic E-state index is 0.00836. The van der Waals surface area contributed by atoms with Crippen LogP contribution in [0.2, 0.25) is 0 Å². The Morgan fingerprint density at radius 1 is 0.914 bits per heavy atom. The third-order valence-corrected chi connectivity index (χ3v) is 6.05. The molecule has 1 unspecified atom stereocenters. The van der Waals surface area contributed by atoms with Crippen molar-refractivity contribution in [3.8, 4) is 34.8 Å². The van der Waals surface area contributed by atoms with Crippen LogP contribution in [0.15, 0.2) is 30.3 Å². The van der Waals surface area contributed by atoms with Gasteiger partial charge in [-0.2, -0.15) is 5.26 Å². The molecule has 1 atom stereocenters. The van der Waals surface area contributed by atoms with Crippen molar-refractivity contribution in [1.29, 1.82) is 5.26 Å². The average molecular weight is 500 g/mol. The molecule has 2 rings (SSSR count). The molecule has 0 heterocycles. The SMILES string of the molecule is [2H]C([2H])([2H])Oc1cc(CCN(CCCC(C#N)(c2cc(OC([2H])([2H])[2H])c(OC([2H])([2H])[2H])c(OC([2H])([2H])[2H])c2)C(C)C)C([2H])([2H])[2H])ccc1OC. The molecule has 0 spiro atoms. The van der Waals surface area contributed by atoms with Gasteiger partial charge >= 0.3 is 0 Å². The maximum absolute atomic E-state index is 10.6. The van der Waals surface area contributed by atoms with E-state index in [1.54, 1.807) is 19.9 Å². The van der Waals surface area contributed by atoms with E-state index in [4.69, 9.17) is 44.2 Å². The minimum atomic E-state index is -3.18. The number of nitriles is 1. The van der Waals surface area contributed by atoms with Gasteiger partial charge in [0.2, 0.25) is 5.75 Å². The molecule has 0 aliphatic heterocycles. The topological polar surface area (TPSA) is 73.2 Å². The largest absolute Gasteiger partial charge is 0.493 e. The molecular formula is C28H40N2O5. The molecule has 0 radical (unpaired) electrons. The maximum Gasteiger partial charge on any atom is 0.203 e. The van der Waals surface area contributed by atoms with E-state index in [0.717, 1.165) is 12.1 Å². The van der Waals surface area contributed by atoms with Crippen LogP contribution < -0.4 is 23.7 Å². The molecular weight excluding hydrogens is 444 g/mol. The van der Waals surface area contributed by atoms with E-state index in [9.17, 15) is 5.26 Å². The molecule has 0 fully saturated rings. The molecule has 192 valence electrons. The Hall–Kier alpha value is -3.11. The van der Waals surface area contributed by atoms with Crippen LogP contribution in [0.25, 0.3) is 0 Å². The van der Waals surface area contributed by atoms with Gasteiger partial charge in [-0.1, -0.05) is 19.9 Å². The highest BCUT2D eigenvalue weighted by Gasteiger charge is 2.37. The first kappa shape index (κ1) is 13.3. The van der Waals surface area contributed by atoms with Gasteiger partial charge in [-0.3, -0.25) is 0 Å². The number of hydrogen-bond donors (Lipinski definition) is 0. The summed E-state index contributed by atoms with van der Waals surface area (Å²) >= 11 is 0. The summed E-state index contributed by atoms with van der Waals surface area (Å²) in [6, 6.07) is 8.95. The zero-order valence-electron chi connectivity index (χ0n) is 34.9. The monoisotopic (exact) mass is 499 g/mol. The molecule has 0 N–H and O–H groups in total. The molecule has 0 aliphatic rings. The predicted molar refractivity (Wildman–Crippen MR) is 138 cm³/mol. The second-order valence-electron chi connectivity index (χ2n) is 8.27. The molecule has 35 heavy (non-hydrogen) atoms. The lowest BCUT2D eigenvalue weighted by Gasteiger charge is -2.33. The van der Waals surface area contributed by atoms with Crippen molar-refractivity contribution in [2.75, 3.05) is 55.3 Å². The Kier molecular flexibility index (Phi) is 4.97. The highest BCUT2D eigenvalue weighted by Crippen LogP contribution is 2.45. The van der Waals surface area contributed by atoms with Crippen LogP contribution in [-0.4, -0.2) is 60.2 Å². The number of likely N-dealkylation sites (N-methyl/N-ethyl adjacent to an activating group) is 1. The number of hydrogen-bond acceptors (Lipinski definition) is 7. The van der Waals surface area contributed by atoms with Crippen molar-refractivity contribution in [3.05, 3.63) is 41.5 Å². The molecule has 0 bridgehead atoms. The molecule has 2 aromatic carbocycles. The fraction of sp³-hybridized carbons (Fsp3) is 0.536. The van der Waals surface area contributed by atoms with Crippen LogP contribution >= 0.6 is 0 Å². The lowest BCUT2D eigenvalue weighted by Crippen LogP contribution is -2.32. The first-order valence-corrected chi connectivity index (χ1v) is 10.9. The van der Waals surface area contributed by atoms with Crippen molar-refractivity contribution in [3.63, 3.8) is 0 Å². The summed E-state index contributed by atoms with van der Waals surface area (Å²) < 4.78 is 140. The van der Waals surface area contributed by atoms with Gasteiger partial charge in [0.25, 0.3) is 0 Å². The van der Waals surface area contributed by atoms with E-state index in [1.807, 2.05) is 0 Å². The summed E-state index contributed by atoms with van der Waals surface area (Å²) in [6.45, 7) is 0.710. The van der Waals surface area contributed by atoms with Crippen molar-refractivity contribution >= 4 is 0 Å². The van der Waals surface area contributed by atoms with E-state index >= 15 is 0 Å². The van der Waals surface area contributed by atoms with E-state index < -0.39 is 63.7 Å². The fourth-order valence-electron chi connectivity index (χ4n) is 3.98. The predicted octanol–water partition coefficient (Wildman–Crippen LogP) is 5.10. The Morgan fingerprint density at radius 2 is 1.60 bits per heavy atom. The zero-order valence-corrected chi connectivity index (χ0v) is 19.9. The molecule has 0 aliphatic carbocycles. The summed E-state index contributed by atoms with van der Waals surface area (Å²) in [6.07, 6.45) is 0.245. The number of nitrogens with zero attached hydrogens (tertiary/aromatic N) is 2. The minimum Gasteiger partial charge on any atom is -0.493 e. The van der Waals surface area contributed by atoms with Crippen molar-refractivity contribution in [2.24, 2.45) is 5.92 Å². The van der Waals surface area contributed by atoms with Crippen LogP contribution in [0.3, 0.4) is 0 Å². The van der Waals surface area contributed by atoms with Gasteiger partial charge in [-0.25, -0.2) is 0 Å². The quantitative estimate of drug-likeness (QED) is 0.358. The van der Waals surface area contributed by atoms with E-state index in [1.165, 1.54) is 24.1 Å². The summed E-state index contributed by atoms with van der Waals surface area (Å²) in [5.74, 6) is -2.64. The van der Waals surface area contributed by atoms with E-state index in [0.29, 0.717) is 5.56 Å². The molecule has 7 nitrogen and oxygen atoms in total. The van der Waals surface area contributed by atoms with Gasteiger partial charge in [0.1, 0.15) is 0 Å². The van der Waals surface area contributed by atoms with Crippen LogP contribution in [0.1, 0.15) is 58.4 Å². The molecule has 2 aromatic rings. The first-order chi connectivity index (χ1) is 22.6. The lowest BCUT2D eigenvalue weighted by atomic mass is 9.69. The van der Waals surface area contributed by atoms with Gasteiger partial charge in [0.05, 0.1) is 63.2 Å². The highest BCUT2D eigenvalue weighted by atomic mass is 16.5. The Labute approximate surface area is 231 Å². The van der Waals surface area contributed by atoms with Gasteiger partial charge in [0.15, 0.2) is 23.0 Å². The van der Waals surface area contributed by atoms with E-state index in [2.05, 4.69) is 6.07 Å². The third kappa shape index (κ3) is 6.52. The number of methoxy groups -OCH3 is 5. The maximum atomic E-state index is 10.6. The molecule has 0 amide bonds. The Bertz CT molecular complexity index is 1440. The van der Waals surface area contributed by atoms with Crippen molar-refractivity contribution in [2.45, 2.75) is 38.5 Å². The summed E-state index contributed by atoms with van der Waals surface area (Å²) in [5, 5.41) is 10.6. The van der Waals surface area contributed by atoms with Gasteiger partial charge < -0.3 is 28.6 Å². The zero-order chi connectivity index (χ0) is 38.5.